The molecule has 3 rings (SSSR count). The van der Waals surface area contributed by atoms with Crippen LogP contribution in [0.15, 0.2) is 66.7 Å². The number of amides is 1. The van der Waals surface area contributed by atoms with Gasteiger partial charge in [-0.25, -0.2) is 0 Å². The highest BCUT2D eigenvalue weighted by molar-refractivity contribution is 6.30. The Hall–Kier alpha value is -3.18. The van der Waals surface area contributed by atoms with Gasteiger partial charge in [0.15, 0.2) is 18.1 Å². The summed E-state index contributed by atoms with van der Waals surface area (Å²) >= 11 is 6.00. The fourth-order valence-corrected chi connectivity index (χ4v) is 3.00. The lowest BCUT2D eigenvalue weighted by Gasteiger charge is -2.13. The molecule has 3 aromatic rings. The van der Waals surface area contributed by atoms with Crippen molar-refractivity contribution >= 4 is 28.9 Å². The van der Waals surface area contributed by atoms with Crippen molar-refractivity contribution in [2.24, 2.45) is 0 Å². The van der Waals surface area contributed by atoms with Crippen molar-refractivity contribution in [1.82, 2.24) is 0 Å². The quantitative estimate of drug-likeness (QED) is 0.530. The molecule has 0 bridgehead atoms. The van der Waals surface area contributed by atoms with E-state index in [2.05, 4.69) is 10.6 Å². The van der Waals surface area contributed by atoms with Crippen LogP contribution in [0.2, 0.25) is 5.02 Å². The molecular formula is C23H23ClN2O3. The first-order valence-electron chi connectivity index (χ1n) is 9.19. The number of ether oxygens (including phenoxy) is 2. The molecule has 150 valence electrons. The maximum absolute atomic E-state index is 12.2. The molecule has 0 aliphatic heterocycles. The summed E-state index contributed by atoms with van der Waals surface area (Å²) < 4.78 is 11.1. The molecule has 0 aliphatic rings. The Morgan fingerprint density at radius 2 is 1.76 bits per heavy atom. The predicted molar refractivity (Wildman–Crippen MR) is 117 cm³/mol. The number of benzene rings is 3. The summed E-state index contributed by atoms with van der Waals surface area (Å²) in [5, 5.41) is 6.81. The standard InChI is InChI=1S/C23H23ClN2O3/c1-16-5-3-8-20(11-16)26-23(27)15-29-21-10-9-17(12-22(21)28-2)14-25-19-7-4-6-18(24)13-19/h3-13,25H,14-15H2,1-2H3,(H,26,27). The summed E-state index contributed by atoms with van der Waals surface area (Å²) in [6, 6.07) is 20.8. The van der Waals surface area contributed by atoms with E-state index in [4.69, 9.17) is 21.1 Å². The Morgan fingerprint density at radius 3 is 2.52 bits per heavy atom. The van der Waals surface area contributed by atoms with E-state index in [1.54, 1.807) is 13.2 Å². The molecule has 0 radical (unpaired) electrons. The van der Waals surface area contributed by atoms with Crippen LogP contribution in [0.4, 0.5) is 11.4 Å². The van der Waals surface area contributed by atoms with Crippen LogP contribution in [0.25, 0.3) is 0 Å². The highest BCUT2D eigenvalue weighted by Crippen LogP contribution is 2.28. The maximum atomic E-state index is 12.2. The number of aryl methyl sites for hydroxylation is 1. The molecule has 0 aromatic heterocycles. The fourth-order valence-electron chi connectivity index (χ4n) is 2.81. The average Bonchev–Trinajstić information content (AvgIpc) is 2.71. The molecule has 5 nitrogen and oxygen atoms in total. The Bertz CT molecular complexity index is 991. The molecule has 0 aliphatic carbocycles. The van der Waals surface area contributed by atoms with Crippen LogP contribution < -0.4 is 20.1 Å². The van der Waals surface area contributed by atoms with E-state index in [1.807, 2.05) is 67.6 Å². The normalized spacial score (nSPS) is 10.3. The van der Waals surface area contributed by atoms with E-state index in [1.165, 1.54) is 0 Å². The van der Waals surface area contributed by atoms with Crippen LogP contribution in [0.5, 0.6) is 11.5 Å². The third kappa shape index (κ3) is 6.16. The molecule has 0 atom stereocenters. The van der Waals surface area contributed by atoms with Gasteiger partial charge in [-0.05, 0) is 60.5 Å². The third-order valence-corrected chi connectivity index (χ3v) is 4.44. The second kappa shape index (κ2) is 9.85. The van der Waals surface area contributed by atoms with Crippen molar-refractivity contribution in [3.8, 4) is 11.5 Å². The summed E-state index contributed by atoms with van der Waals surface area (Å²) in [6.07, 6.45) is 0. The minimum Gasteiger partial charge on any atom is -0.493 e. The molecule has 0 fully saturated rings. The topological polar surface area (TPSA) is 59.6 Å². The molecule has 0 heterocycles. The largest absolute Gasteiger partial charge is 0.493 e. The number of hydrogen-bond donors (Lipinski definition) is 2. The van der Waals surface area contributed by atoms with Crippen molar-refractivity contribution in [3.63, 3.8) is 0 Å². The smallest absolute Gasteiger partial charge is 0.262 e. The van der Waals surface area contributed by atoms with Gasteiger partial charge >= 0.3 is 0 Å². The van der Waals surface area contributed by atoms with Crippen molar-refractivity contribution in [3.05, 3.63) is 82.9 Å². The van der Waals surface area contributed by atoms with Gasteiger partial charge in [-0.2, -0.15) is 0 Å². The number of anilines is 2. The number of nitrogens with one attached hydrogen (secondary N) is 2. The van der Waals surface area contributed by atoms with Gasteiger partial charge in [-0.3, -0.25) is 4.79 Å². The van der Waals surface area contributed by atoms with Crippen LogP contribution in [0, 0.1) is 6.92 Å². The minimum atomic E-state index is -0.232. The Labute approximate surface area is 175 Å². The number of methoxy groups -OCH3 is 1. The zero-order valence-corrected chi connectivity index (χ0v) is 17.1. The molecule has 2 N–H and O–H groups in total. The molecular weight excluding hydrogens is 388 g/mol. The number of carbonyl (C=O) groups excluding carboxylic acids is 1. The Balaban J connectivity index is 1.57. The molecule has 0 spiro atoms. The summed E-state index contributed by atoms with van der Waals surface area (Å²) in [5.41, 5.74) is 3.77. The van der Waals surface area contributed by atoms with E-state index >= 15 is 0 Å². The lowest BCUT2D eigenvalue weighted by molar-refractivity contribution is -0.118. The zero-order chi connectivity index (χ0) is 20.6. The maximum Gasteiger partial charge on any atom is 0.262 e. The second-order valence-corrected chi connectivity index (χ2v) is 6.99. The first-order chi connectivity index (χ1) is 14.0. The molecule has 0 unspecified atom stereocenters. The van der Waals surface area contributed by atoms with Gasteiger partial charge in [0.2, 0.25) is 0 Å². The van der Waals surface area contributed by atoms with E-state index < -0.39 is 0 Å². The van der Waals surface area contributed by atoms with E-state index in [0.717, 1.165) is 22.5 Å². The van der Waals surface area contributed by atoms with Crippen LogP contribution in [-0.4, -0.2) is 19.6 Å². The van der Waals surface area contributed by atoms with Gasteiger partial charge in [0, 0.05) is 22.9 Å². The van der Waals surface area contributed by atoms with Gasteiger partial charge < -0.3 is 20.1 Å². The first-order valence-corrected chi connectivity index (χ1v) is 9.57. The summed E-state index contributed by atoms with van der Waals surface area (Å²) in [4.78, 5) is 12.2. The number of carbonyl (C=O) groups is 1. The molecule has 0 saturated heterocycles. The number of hydrogen-bond acceptors (Lipinski definition) is 4. The lowest BCUT2D eigenvalue weighted by atomic mass is 10.2. The van der Waals surface area contributed by atoms with E-state index in [9.17, 15) is 4.79 Å². The van der Waals surface area contributed by atoms with Crippen LogP contribution in [-0.2, 0) is 11.3 Å². The van der Waals surface area contributed by atoms with Gasteiger partial charge in [0.1, 0.15) is 0 Å². The Kier molecular flexibility index (Phi) is 6.98. The molecule has 3 aromatic carbocycles. The highest BCUT2D eigenvalue weighted by Gasteiger charge is 2.09. The van der Waals surface area contributed by atoms with Crippen LogP contribution in [0.3, 0.4) is 0 Å². The van der Waals surface area contributed by atoms with E-state index in [0.29, 0.717) is 23.1 Å². The van der Waals surface area contributed by atoms with Crippen molar-refractivity contribution in [2.45, 2.75) is 13.5 Å². The summed E-state index contributed by atoms with van der Waals surface area (Å²) in [5.74, 6) is 0.849. The molecule has 1 amide bonds. The van der Waals surface area contributed by atoms with Crippen molar-refractivity contribution in [2.75, 3.05) is 24.4 Å². The number of rotatable bonds is 8. The molecule has 0 saturated carbocycles. The zero-order valence-electron chi connectivity index (χ0n) is 16.4. The first kappa shape index (κ1) is 20.6. The SMILES string of the molecule is COc1cc(CNc2cccc(Cl)c2)ccc1OCC(=O)Nc1cccc(C)c1. The Morgan fingerprint density at radius 1 is 0.966 bits per heavy atom. The summed E-state index contributed by atoms with van der Waals surface area (Å²) in [7, 11) is 1.57. The van der Waals surface area contributed by atoms with Crippen LogP contribution >= 0.6 is 11.6 Å². The molecule has 6 heteroatoms. The fraction of sp³-hybridized carbons (Fsp3) is 0.174. The monoisotopic (exact) mass is 410 g/mol. The predicted octanol–water partition coefficient (Wildman–Crippen LogP) is 5.29. The minimum absolute atomic E-state index is 0.107. The average molecular weight is 411 g/mol. The summed E-state index contributed by atoms with van der Waals surface area (Å²) in [6.45, 7) is 2.47. The van der Waals surface area contributed by atoms with Gasteiger partial charge in [0.25, 0.3) is 5.91 Å². The van der Waals surface area contributed by atoms with Gasteiger partial charge in [-0.15, -0.1) is 0 Å². The highest BCUT2D eigenvalue weighted by atomic mass is 35.5. The van der Waals surface area contributed by atoms with Crippen molar-refractivity contribution in [1.29, 1.82) is 0 Å². The number of halogens is 1. The molecule has 29 heavy (non-hydrogen) atoms. The second-order valence-electron chi connectivity index (χ2n) is 6.56. The third-order valence-electron chi connectivity index (χ3n) is 4.21. The van der Waals surface area contributed by atoms with E-state index in [-0.39, 0.29) is 12.5 Å². The van der Waals surface area contributed by atoms with Gasteiger partial charge in [-0.1, -0.05) is 35.9 Å². The van der Waals surface area contributed by atoms with Gasteiger partial charge in [0.05, 0.1) is 7.11 Å². The van der Waals surface area contributed by atoms with Crippen molar-refractivity contribution < 1.29 is 14.3 Å². The lowest BCUT2D eigenvalue weighted by Crippen LogP contribution is -2.20. The van der Waals surface area contributed by atoms with Crippen LogP contribution in [0.1, 0.15) is 11.1 Å².